The zero-order valence-corrected chi connectivity index (χ0v) is 17.7. The average molecular weight is 412 g/mol. The van der Waals surface area contributed by atoms with Crippen LogP contribution in [0.4, 0.5) is 0 Å². The van der Waals surface area contributed by atoms with E-state index < -0.39 is 16.9 Å². The van der Waals surface area contributed by atoms with Crippen LogP contribution in [0.5, 0.6) is 5.75 Å². The number of nitrogens with one attached hydrogen (secondary N) is 1. The highest BCUT2D eigenvalue weighted by molar-refractivity contribution is 5.94. The summed E-state index contributed by atoms with van der Waals surface area (Å²) < 4.78 is 14.4. The molecule has 160 valence electrons. The lowest BCUT2D eigenvalue weighted by Crippen LogP contribution is -2.38. The molecule has 8 nitrogen and oxygen atoms in total. The molecule has 1 aliphatic heterocycles. The molecule has 0 bridgehead atoms. The Morgan fingerprint density at radius 1 is 1.00 bits per heavy atom. The summed E-state index contributed by atoms with van der Waals surface area (Å²) in [7, 11) is 0. The van der Waals surface area contributed by atoms with Crippen molar-refractivity contribution in [2.75, 3.05) is 39.5 Å². The average Bonchev–Trinajstić information content (AvgIpc) is 3.03. The van der Waals surface area contributed by atoms with Crippen molar-refractivity contribution >= 4 is 10.8 Å². The van der Waals surface area contributed by atoms with E-state index in [1.54, 1.807) is 0 Å². The molecule has 30 heavy (non-hydrogen) atoms. The first kappa shape index (κ1) is 20.4. The van der Waals surface area contributed by atoms with E-state index in [1.165, 1.54) is 9.36 Å². The van der Waals surface area contributed by atoms with Crippen LogP contribution in [0.15, 0.2) is 46.0 Å². The number of rotatable bonds is 5. The predicted octanol–water partition coefficient (Wildman–Crippen LogP) is 1.95. The Morgan fingerprint density at radius 2 is 1.70 bits per heavy atom. The van der Waals surface area contributed by atoms with Crippen LogP contribution in [0.3, 0.4) is 0 Å². The molecule has 8 heteroatoms. The maximum atomic E-state index is 12.6. The molecule has 2 heterocycles. The van der Waals surface area contributed by atoms with Crippen LogP contribution < -0.4 is 16.1 Å². The van der Waals surface area contributed by atoms with Gasteiger partial charge in [-0.3, -0.25) is 9.88 Å². The lowest BCUT2D eigenvalue weighted by molar-refractivity contribution is 0.0323. The first-order chi connectivity index (χ1) is 14.4. The number of fused-ring (bicyclic) bond motifs is 1. The Kier molecular flexibility index (Phi) is 5.53. The summed E-state index contributed by atoms with van der Waals surface area (Å²) in [6.07, 6.45) is 0. The number of hydrogen-bond acceptors (Lipinski definition) is 5. The topological polar surface area (TPSA) is 81.5 Å². The number of aromatic nitrogens is 3. The Bertz CT molecular complexity index is 1150. The van der Waals surface area contributed by atoms with Crippen molar-refractivity contribution in [3.63, 3.8) is 0 Å². The second-order valence-corrected chi connectivity index (χ2v) is 8.46. The van der Waals surface area contributed by atoms with E-state index in [1.807, 2.05) is 57.2 Å². The largest absolute Gasteiger partial charge is 0.492 e. The van der Waals surface area contributed by atoms with Crippen LogP contribution in [0.1, 0.15) is 20.8 Å². The van der Waals surface area contributed by atoms with Gasteiger partial charge in [0.25, 0.3) is 0 Å². The number of nitrogens with zero attached hydrogens (tertiary/aromatic N) is 3. The summed E-state index contributed by atoms with van der Waals surface area (Å²) in [5.74, 6) is 0.760. The Labute approximate surface area is 174 Å². The first-order valence-corrected chi connectivity index (χ1v) is 10.3. The summed E-state index contributed by atoms with van der Waals surface area (Å²) in [4.78, 5) is 29.8. The highest BCUT2D eigenvalue weighted by Gasteiger charge is 2.24. The minimum absolute atomic E-state index is 0.428. The lowest BCUT2D eigenvalue weighted by atomic mass is 10.1. The number of morpholine rings is 1. The molecule has 1 aromatic heterocycles. The van der Waals surface area contributed by atoms with Gasteiger partial charge in [-0.1, -0.05) is 24.3 Å². The Morgan fingerprint density at radius 3 is 2.40 bits per heavy atom. The molecule has 0 unspecified atom stereocenters. The number of aromatic amines is 1. The van der Waals surface area contributed by atoms with Crippen molar-refractivity contribution < 1.29 is 9.47 Å². The van der Waals surface area contributed by atoms with Crippen molar-refractivity contribution in [1.82, 2.24) is 19.2 Å². The normalized spacial score (nSPS) is 15.6. The summed E-state index contributed by atoms with van der Waals surface area (Å²) >= 11 is 0. The number of benzene rings is 2. The molecule has 1 fully saturated rings. The van der Waals surface area contributed by atoms with Crippen molar-refractivity contribution in [2.24, 2.45) is 0 Å². The zero-order chi connectivity index (χ0) is 21.3. The molecule has 3 aromatic rings. The van der Waals surface area contributed by atoms with Gasteiger partial charge in [-0.15, -0.1) is 0 Å². The van der Waals surface area contributed by atoms with E-state index in [0.717, 1.165) is 49.4 Å². The molecular formula is C22H28N4O4. The molecule has 0 saturated carbocycles. The smallest absolute Gasteiger partial charge is 0.349 e. The summed E-state index contributed by atoms with van der Waals surface area (Å²) in [6.45, 7) is 10.4. The molecule has 0 atom stereocenters. The van der Waals surface area contributed by atoms with Gasteiger partial charge in [0.2, 0.25) is 0 Å². The molecular weight excluding hydrogens is 384 g/mol. The van der Waals surface area contributed by atoms with Gasteiger partial charge >= 0.3 is 11.4 Å². The van der Waals surface area contributed by atoms with Gasteiger partial charge in [-0.2, -0.15) is 4.68 Å². The van der Waals surface area contributed by atoms with Crippen molar-refractivity contribution in [3.05, 3.63) is 57.4 Å². The summed E-state index contributed by atoms with van der Waals surface area (Å²) in [6, 6.07) is 11.5. The third-order valence-electron chi connectivity index (χ3n) is 5.29. The van der Waals surface area contributed by atoms with E-state index in [4.69, 9.17) is 9.47 Å². The molecule has 2 aromatic carbocycles. The van der Waals surface area contributed by atoms with Crippen LogP contribution in [-0.2, 0) is 10.3 Å². The van der Waals surface area contributed by atoms with Crippen molar-refractivity contribution in [2.45, 2.75) is 26.3 Å². The van der Waals surface area contributed by atoms with Crippen LogP contribution in [0.2, 0.25) is 0 Å². The summed E-state index contributed by atoms with van der Waals surface area (Å²) in [5.41, 5.74) is -0.808. The van der Waals surface area contributed by atoms with E-state index in [-0.39, 0.29) is 0 Å². The van der Waals surface area contributed by atoms with Crippen molar-refractivity contribution in [3.8, 4) is 11.4 Å². The Hall–Kier alpha value is -2.84. The van der Waals surface area contributed by atoms with Gasteiger partial charge in [0.15, 0.2) is 0 Å². The Balaban J connectivity index is 1.70. The van der Waals surface area contributed by atoms with E-state index >= 15 is 0 Å². The van der Waals surface area contributed by atoms with E-state index in [2.05, 4.69) is 9.88 Å². The van der Waals surface area contributed by atoms with Gasteiger partial charge in [-0.25, -0.2) is 14.3 Å². The van der Waals surface area contributed by atoms with Gasteiger partial charge in [0.05, 0.1) is 24.4 Å². The fraction of sp³-hybridized carbons (Fsp3) is 0.455. The highest BCUT2D eigenvalue weighted by Crippen LogP contribution is 2.30. The molecule has 1 N–H and O–H groups in total. The lowest BCUT2D eigenvalue weighted by Gasteiger charge is -2.26. The van der Waals surface area contributed by atoms with Crippen LogP contribution in [0, 0.1) is 0 Å². The fourth-order valence-corrected chi connectivity index (χ4v) is 3.88. The van der Waals surface area contributed by atoms with Crippen LogP contribution >= 0.6 is 0 Å². The predicted molar refractivity (Wildman–Crippen MR) is 116 cm³/mol. The number of H-pyrrole nitrogens is 1. The number of hydrogen-bond donors (Lipinski definition) is 1. The zero-order valence-electron chi connectivity index (χ0n) is 17.7. The van der Waals surface area contributed by atoms with Crippen LogP contribution in [-0.4, -0.2) is 58.7 Å². The maximum Gasteiger partial charge on any atom is 0.349 e. The SMILES string of the molecule is CC(C)(C)n1c(=O)[nH]c(=O)n1-c1ccc(OCCN2CCOCC2)c2ccccc12. The summed E-state index contributed by atoms with van der Waals surface area (Å²) in [5, 5.41) is 1.75. The monoisotopic (exact) mass is 412 g/mol. The minimum Gasteiger partial charge on any atom is -0.492 e. The second kappa shape index (κ2) is 8.12. The van der Waals surface area contributed by atoms with Gasteiger partial charge in [-0.05, 0) is 32.9 Å². The van der Waals surface area contributed by atoms with Gasteiger partial charge in [0.1, 0.15) is 12.4 Å². The van der Waals surface area contributed by atoms with Crippen LogP contribution in [0.25, 0.3) is 16.5 Å². The fourth-order valence-electron chi connectivity index (χ4n) is 3.88. The third-order valence-corrected chi connectivity index (χ3v) is 5.29. The van der Waals surface area contributed by atoms with Gasteiger partial charge in [0, 0.05) is 30.4 Å². The molecule has 1 aliphatic rings. The number of ether oxygens (including phenoxy) is 2. The molecule has 0 spiro atoms. The third kappa shape index (κ3) is 3.93. The first-order valence-electron chi connectivity index (χ1n) is 10.3. The maximum absolute atomic E-state index is 12.6. The molecule has 4 rings (SSSR count). The van der Waals surface area contributed by atoms with E-state index in [0.29, 0.717) is 12.3 Å². The molecule has 1 saturated heterocycles. The molecule has 0 aliphatic carbocycles. The standard InChI is InChI=1S/C22H28N4O4/c1-22(2,3)26-21(28)23-20(27)25(26)18-8-9-19(17-7-5-4-6-16(17)18)30-15-12-24-10-13-29-14-11-24/h4-9H,10-15H2,1-3H3,(H,23,27,28). The second-order valence-electron chi connectivity index (χ2n) is 8.46. The van der Waals surface area contributed by atoms with Gasteiger partial charge < -0.3 is 9.47 Å². The molecule has 0 amide bonds. The minimum atomic E-state index is -0.565. The molecule has 0 radical (unpaired) electrons. The highest BCUT2D eigenvalue weighted by atomic mass is 16.5. The van der Waals surface area contributed by atoms with E-state index in [9.17, 15) is 9.59 Å². The van der Waals surface area contributed by atoms with Crippen molar-refractivity contribution in [1.29, 1.82) is 0 Å². The quantitative estimate of drug-likeness (QED) is 0.693.